The molecule has 0 aromatic heterocycles. The maximum atomic E-state index is 12.4. The van der Waals surface area contributed by atoms with Crippen molar-refractivity contribution in [3.63, 3.8) is 0 Å². The van der Waals surface area contributed by atoms with Gasteiger partial charge in [-0.2, -0.15) is 0 Å². The van der Waals surface area contributed by atoms with Gasteiger partial charge in [-0.05, 0) is 24.0 Å². The Kier molecular flexibility index (Phi) is 6.36. The van der Waals surface area contributed by atoms with Crippen molar-refractivity contribution >= 4 is 11.6 Å². The zero-order chi connectivity index (χ0) is 16.7. The van der Waals surface area contributed by atoms with Gasteiger partial charge in [0.1, 0.15) is 6.54 Å². The van der Waals surface area contributed by atoms with Gasteiger partial charge in [-0.3, -0.25) is 4.79 Å². The number of amides is 1. The van der Waals surface area contributed by atoms with E-state index >= 15 is 0 Å². The summed E-state index contributed by atoms with van der Waals surface area (Å²) >= 11 is 0. The second kappa shape index (κ2) is 8.49. The Labute approximate surface area is 139 Å². The van der Waals surface area contributed by atoms with Gasteiger partial charge in [-0.15, -0.1) is 0 Å². The topological polar surface area (TPSA) is 33.5 Å². The lowest BCUT2D eigenvalue weighted by atomic mass is 10.0. The van der Waals surface area contributed by atoms with Crippen molar-refractivity contribution < 1.29 is 9.69 Å². The van der Waals surface area contributed by atoms with Crippen LogP contribution in [0.25, 0.3) is 0 Å². The average Bonchev–Trinajstić information content (AvgIpc) is 2.55. The number of anilines is 1. The molecule has 0 heterocycles. The summed E-state index contributed by atoms with van der Waals surface area (Å²) in [5, 5.41) is 3.14. The van der Waals surface area contributed by atoms with E-state index in [-0.39, 0.29) is 5.91 Å². The highest BCUT2D eigenvalue weighted by Crippen LogP contribution is 2.22. The van der Waals surface area contributed by atoms with E-state index in [1.165, 1.54) is 21.6 Å². The van der Waals surface area contributed by atoms with Crippen LogP contribution in [0, 0.1) is 0 Å². The van der Waals surface area contributed by atoms with Gasteiger partial charge >= 0.3 is 0 Å². The smallest absolute Gasteiger partial charge is 0.279 e. The zero-order valence-corrected chi connectivity index (χ0v) is 14.4. The number of para-hydroxylation sites is 1. The number of carbonyl (C=O) groups is 1. The number of benzene rings is 2. The van der Waals surface area contributed by atoms with Crippen LogP contribution < -0.4 is 10.2 Å². The molecule has 1 amide bonds. The molecule has 1 unspecified atom stereocenters. The van der Waals surface area contributed by atoms with Crippen LogP contribution in [0.2, 0.25) is 0 Å². The van der Waals surface area contributed by atoms with Gasteiger partial charge in [0.2, 0.25) is 0 Å². The highest BCUT2D eigenvalue weighted by Gasteiger charge is 2.14. The van der Waals surface area contributed by atoms with Gasteiger partial charge in [0, 0.05) is 11.3 Å². The van der Waals surface area contributed by atoms with E-state index in [1.807, 2.05) is 18.2 Å². The maximum absolute atomic E-state index is 12.4. The van der Waals surface area contributed by atoms with Crippen molar-refractivity contribution in [3.8, 4) is 0 Å². The summed E-state index contributed by atoms with van der Waals surface area (Å²) in [5.41, 5.74) is 4.67. The molecule has 2 aromatic carbocycles. The van der Waals surface area contributed by atoms with E-state index in [9.17, 15) is 4.79 Å². The Morgan fingerprint density at radius 2 is 1.57 bits per heavy atom. The minimum atomic E-state index is 0.0778. The lowest BCUT2D eigenvalue weighted by Gasteiger charge is -2.17. The van der Waals surface area contributed by atoms with Crippen LogP contribution in [-0.4, -0.2) is 19.5 Å². The van der Waals surface area contributed by atoms with Crippen LogP contribution in [0.15, 0.2) is 48.5 Å². The summed E-state index contributed by atoms with van der Waals surface area (Å²) < 4.78 is 0. The minimum Gasteiger partial charge on any atom is -0.326 e. The van der Waals surface area contributed by atoms with Crippen LogP contribution in [-0.2, 0) is 24.2 Å². The van der Waals surface area contributed by atoms with Gasteiger partial charge in [-0.1, -0.05) is 62.4 Å². The second-order valence-corrected chi connectivity index (χ2v) is 6.00. The predicted octanol–water partition coefficient (Wildman–Crippen LogP) is 2.46. The first-order valence-corrected chi connectivity index (χ1v) is 8.39. The number of nitrogens with one attached hydrogen (secondary N) is 2. The number of carbonyl (C=O) groups excluding carboxylic acids is 1. The minimum absolute atomic E-state index is 0.0778. The van der Waals surface area contributed by atoms with Gasteiger partial charge in [0.05, 0.1) is 7.05 Å². The van der Waals surface area contributed by atoms with Crippen LogP contribution in [0.3, 0.4) is 0 Å². The maximum Gasteiger partial charge on any atom is 0.279 e. The molecule has 0 fully saturated rings. The van der Waals surface area contributed by atoms with Crippen molar-refractivity contribution in [3.05, 3.63) is 65.2 Å². The summed E-state index contributed by atoms with van der Waals surface area (Å²) in [5.74, 6) is 0.0778. The van der Waals surface area contributed by atoms with Crippen LogP contribution in [0.4, 0.5) is 5.69 Å². The summed E-state index contributed by atoms with van der Waals surface area (Å²) in [4.78, 5) is 13.6. The molecular weight excluding hydrogens is 284 g/mol. The molecule has 23 heavy (non-hydrogen) atoms. The number of likely N-dealkylation sites (N-methyl/N-ethyl adjacent to an activating group) is 1. The first-order chi connectivity index (χ1) is 11.1. The number of rotatable bonds is 7. The summed E-state index contributed by atoms with van der Waals surface area (Å²) in [6, 6.07) is 16.5. The quantitative estimate of drug-likeness (QED) is 0.809. The third-order valence-corrected chi connectivity index (χ3v) is 4.07. The molecule has 0 aliphatic rings. The number of quaternary nitrogens is 1. The number of hydrogen-bond acceptors (Lipinski definition) is 1. The normalized spacial score (nSPS) is 12.0. The van der Waals surface area contributed by atoms with E-state index in [0.717, 1.165) is 25.1 Å². The Bertz CT molecular complexity index is 615. The molecule has 0 saturated heterocycles. The second-order valence-electron chi connectivity index (χ2n) is 6.00. The first kappa shape index (κ1) is 17.2. The van der Waals surface area contributed by atoms with Crippen molar-refractivity contribution in [2.45, 2.75) is 33.2 Å². The first-order valence-electron chi connectivity index (χ1n) is 8.39. The molecule has 0 aliphatic heterocycles. The SMILES string of the molecule is CCc1cccc(CC)c1NC(=O)C[NH+](C)Cc1ccccc1. The van der Waals surface area contributed by atoms with Gasteiger partial charge < -0.3 is 10.2 Å². The van der Waals surface area contributed by atoms with Crippen molar-refractivity contribution in [1.29, 1.82) is 0 Å². The number of hydrogen-bond donors (Lipinski definition) is 2. The Morgan fingerprint density at radius 3 is 2.13 bits per heavy atom. The third kappa shape index (κ3) is 4.93. The largest absolute Gasteiger partial charge is 0.326 e. The highest BCUT2D eigenvalue weighted by molar-refractivity contribution is 5.93. The Hall–Kier alpha value is -2.13. The van der Waals surface area contributed by atoms with E-state index in [1.54, 1.807) is 0 Å². The third-order valence-electron chi connectivity index (χ3n) is 4.07. The Balaban J connectivity index is 1.99. The molecule has 3 nitrogen and oxygen atoms in total. The highest BCUT2D eigenvalue weighted by atomic mass is 16.2. The summed E-state index contributed by atoms with van der Waals surface area (Å²) in [6.45, 7) is 5.56. The zero-order valence-electron chi connectivity index (χ0n) is 14.4. The van der Waals surface area contributed by atoms with Crippen molar-refractivity contribution in [1.82, 2.24) is 0 Å². The van der Waals surface area contributed by atoms with Crippen LogP contribution >= 0.6 is 0 Å². The predicted molar refractivity (Wildman–Crippen MR) is 95.7 cm³/mol. The van der Waals surface area contributed by atoms with Gasteiger partial charge in [0.15, 0.2) is 6.54 Å². The molecular formula is C20H27N2O+. The average molecular weight is 311 g/mol. The fourth-order valence-electron chi connectivity index (χ4n) is 2.87. The molecule has 2 aromatic rings. The van der Waals surface area contributed by atoms with Crippen LogP contribution in [0.1, 0.15) is 30.5 Å². The van der Waals surface area contributed by atoms with E-state index in [0.29, 0.717) is 6.54 Å². The van der Waals surface area contributed by atoms with Gasteiger partial charge in [0.25, 0.3) is 5.91 Å². The summed E-state index contributed by atoms with van der Waals surface area (Å²) in [7, 11) is 2.05. The lowest BCUT2D eigenvalue weighted by Crippen LogP contribution is -3.08. The van der Waals surface area contributed by atoms with Crippen LogP contribution in [0.5, 0.6) is 0 Å². The van der Waals surface area contributed by atoms with E-state index in [4.69, 9.17) is 0 Å². The fraction of sp³-hybridized carbons (Fsp3) is 0.350. The van der Waals surface area contributed by atoms with E-state index in [2.05, 4.69) is 56.5 Å². The molecule has 2 rings (SSSR count). The molecule has 3 heteroatoms. The molecule has 1 atom stereocenters. The number of aryl methyl sites for hydroxylation is 2. The summed E-state index contributed by atoms with van der Waals surface area (Å²) in [6.07, 6.45) is 1.85. The standard InChI is InChI=1S/C20H26N2O/c1-4-17-12-9-13-18(5-2)20(17)21-19(23)15-22(3)14-16-10-7-6-8-11-16/h6-13H,4-5,14-15H2,1-3H3,(H,21,23)/p+1. The Morgan fingerprint density at radius 1 is 0.957 bits per heavy atom. The fourth-order valence-corrected chi connectivity index (χ4v) is 2.87. The molecule has 0 aliphatic carbocycles. The molecule has 122 valence electrons. The molecule has 2 N–H and O–H groups in total. The molecule has 0 radical (unpaired) electrons. The lowest BCUT2D eigenvalue weighted by molar-refractivity contribution is -0.885. The van der Waals surface area contributed by atoms with Gasteiger partial charge in [-0.25, -0.2) is 0 Å². The van der Waals surface area contributed by atoms with Crippen molar-refractivity contribution in [2.75, 3.05) is 18.9 Å². The molecule has 0 bridgehead atoms. The molecule has 0 saturated carbocycles. The van der Waals surface area contributed by atoms with E-state index < -0.39 is 0 Å². The van der Waals surface area contributed by atoms with Crippen molar-refractivity contribution in [2.24, 2.45) is 0 Å². The monoisotopic (exact) mass is 311 g/mol. The molecule has 0 spiro atoms.